The van der Waals surface area contributed by atoms with Gasteiger partial charge in [0.15, 0.2) is 0 Å². The van der Waals surface area contributed by atoms with E-state index in [1.165, 1.54) is 0 Å². The zero-order valence-electron chi connectivity index (χ0n) is 13.0. The van der Waals surface area contributed by atoms with Crippen LogP contribution in [0.4, 0.5) is 0 Å². The minimum absolute atomic E-state index is 0.0936. The molecule has 0 atom stereocenters. The first-order valence-electron chi connectivity index (χ1n) is 7.61. The minimum atomic E-state index is -0.650. The lowest BCUT2D eigenvalue weighted by Crippen LogP contribution is -2.11. The average Bonchev–Trinajstić information content (AvgIpc) is 2.61. The average molecular weight is 315 g/mol. The minimum Gasteiger partial charge on any atom is -0.506 e. The third kappa shape index (κ3) is 3.20. The van der Waals surface area contributed by atoms with Crippen LogP contribution >= 0.6 is 0 Å². The van der Waals surface area contributed by atoms with E-state index in [2.05, 4.69) is 0 Å². The number of aromatic hydroxyl groups is 1. The van der Waals surface area contributed by atoms with Gasteiger partial charge in [0.1, 0.15) is 5.75 Å². The van der Waals surface area contributed by atoms with E-state index in [4.69, 9.17) is 5.73 Å². The van der Waals surface area contributed by atoms with Crippen molar-refractivity contribution in [2.45, 2.75) is 0 Å². The quantitative estimate of drug-likeness (QED) is 0.704. The van der Waals surface area contributed by atoms with Crippen molar-refractivity contribution in [2.75, 3.05) is 0 Å². The topological polar surface area (TPSA) is 63.3 Å². The Bertz CT molecular complexity index is 884. The predicted molar refractivity (Wildman–Crippen MR) is 97.4 cm³/mol. The molecule has 0 bridgehead atoms. The van der Waals surface area contributed by atoms with Crippen LogP contribution in [0, 0.1) is 0 Å². The maximum absolute atomic E-state index is 11.5. The van der Waals surface area contributed by atoms with Gasteiger partial charge in [-0.25, -0.2) is 0 Å². The van der Waals surface area contributed by atoms with E-state index >= 15 is 0 Å². The molecule has 0 aliphatic carbocycles. The van der Waals surface area contributed by atoms with E-state index in [1.807, 2.05) is 72.8 Å². The van der Waals surface area contributed by atoms with E-state index in [0.29, 0.717) is 5.56 Å². The summed E-state index contributed by atoms with van der Waals surface area (Å²) in [5.74, 6) is -0.743. The second kappa shape index (κ2) is 6.84. The molecule has 0 heterocycles. The van der Waals surface area contributed by atoms with Crippen LogP contribution in [-0.4, -0.2) is 11.0 Å². The first-order chi connectivity index (χ1) is 11.7. The number of carbonyl (C=O) groups is 1. The van der Waals surface area contributed by atoms with Crippen molar-refractivity contribution in [3.8, 4) is 16.9 Å². The van der Waals surface area contributed by atoms with Crippen molar-refractivity contribution < 1.29 is 9.90 Å². The molecule has 3 aromatic carbocycles. The number of primary amides is 1. The molecule has 0 radical (unpaired) electrons. The van der Waals surface area contributed by atoms with Crippen molar-refractivity contribution in [3.05, 3.63) is 89.5 Å². The summed E-state index contributed by atoms with van der Waals surface area (Å²) in [5.41, 5.74) is 8.76. The normalized spacial score (nSPS) is 10.8. The Kier molecular flexibility index (Phi) is 4.43. The van der Waals surface area contributed by atoms with Gasteiger partial charge in [0.05, 0.1) is 5.56 Å². The van der Waals surface area contributed by atoms with E-state index in [9.17, 15) is 9.90 Å². The Labute approximate surface area is 140 Å². The summed E-state index contributed by atoms with van der Waals surface area (Å²) in [6.07, 6.45) is 3.88. The van der Waals surface area contributed by atoms with Gasteiger partial charge in [0, 0.05) is 5.56 Å². The highest BCUT2D eigenvalue weighted by molar-refractivity contribution is 6.00. The monoisotopic (exact) mass is 315 g/mol. The number of carbonyl (C=O) groups excluding carboxylic acids is 1. The maximum atomic E-state index is 11.5. The number of nitrogens with two attached hydrogens (primary N) is 1. The number of hydrogen-bond donors (Lipinski definition) is 2. The van der Waals surface area contributed by atoms with Crippen LogP contribution in [0.2, 0.25) is 0 Å². The van der Waals surface area contributed by atoms with E-state index in [1.54, 1.807) is 12.1 Å². The Morgan fingerprint density at radius 3 is 2.08 bits per heavy atom. The van der Waals surface area contributed by atoms with Crippen molar-refractivity contribution in [1.29, 1.82) is 0 Å². The fourth-order valence-electron chi connectivity index (χ4n) is 2.60. The second-order valence-corrected chi connectivity index (χ2v) is 5.40. The summed E-state index contributed by atoms with van der Waals surface area (Å²) in [6.45, 7) is 0. The van der Waals surface area contributed by atoms with Gasteiger partial charge in [-0.3, -0.25) is 4.79 Å². The molecule has 0 saturated carbocycles. The van der Waals surface area contributed by atoms with Crippen LogP contribution < -0.4 is 5.73 Å². The lowest BCUT2D eigenvalue weighted by atomic mass is 9.95. The zero-order chi connectivity index (χ0) is 16.9. The molecule has 3 heteroatoms. The lowest BCUT2D eigenvalue weighted by molar-refractivity contribution is 0.0998. The Balaban J connectivity index is 2.14. The molecule has 0 saturated heterocycles. The van der Waals surface area contributed by atoms with E-state index in [-0.39, 0.29) is 11.3 Å². The predicted octanol–water partition coefficient (Wildman–Crippen LogP) is 4.33. The largest absolute Gasteiger partial charge is 0.506 e. The number of hydrogen-bond acceptors (Lipinski definition) is 2. The molecular weight excluding hydrogens is 298 g/mol. The highest BCUT2D eigenvalue weighted by Gasteiger charge is 2.16. The fourth-order valence-corrected chi connectivity index (χ4v) is 2.60. The standard InChI is InChI=1S/C21H17NO2/c22-21(24)18-14-13-17(12-11-15-7-3-1-4-8-15)19(20(18)23)16-9-5-2-6-10-16/h1-14,23H,(H2,22,24). The molecule has 0 spiro atoms. The molecule has 0 aliphatic rings. The summed E-state index contributed by atoms with van der Waals surface area (Å²) in [7, 11) is 0. The Hall–Kier alpha value is -3.33. The SMILES string of the molecule is NC(=O)c1ccc(C=Cc2ccccc2)c(-c2ccccc2)c1O. The van der Waals surface area contributed by atoms with Crippen molar-refractivity contribution in [1.82, 2.24) is 0 Å². The second-order valence-electron chi connectivity index (χ2n) is 5.40. The summed E-state index contributed by atoms with van der Waals surface area (Å²) in [4.78, 5) is 11.5. The highest BCUT2D eigenvalue weighted by atomic mass is 16.3. The zero-order valence-corrected chi connectivity index (χ0v) is 13.0. The summed E-state index contributed by atoms with van der Waals surface area (Å²) >= 11 is 0. The van der Waals surface area contributed by atoms with Gasteiger partial charge < -0.3 is 10.8 Å². The molecule has 3 aromatic rings. The van der Waals surface area contributed by atoms with Crippen LogP contribution in [0.3, 0.4) is 0 Å². The molecule has 0 aromatic heterocycles. The first-order valence-corrected chi connectivity index (χ1v) is 7.61. The number of benzene rings is 3. The maximum Gasteiger partial charge on any atom is 0.252 e. The Morgan fingerprint density at radius 2 is 1.46 bits per heavy atom. The molecule has 0 aliphatic heterocycles. The van der Waals surface area contributed by atoms with Crippen LogP contribution in [0.25, 0.3) is 23.3 Å². The number of phenols is 1. The number of rotatable bonds is 4. The molecule has 0 fully saturated rings. The smallest absolute Gasteiger partial charge is 0.252 e. The third-order valence-corrected chi connectivity index (χ3v) is 3.79. The van der Waals surface area contributed by atoms with Gasteiger partial charge in [-0.1, -0.05) is 78.9 Å². The van der Waals surface area contributed by atoms with Gasteiger partial charge in [0.25, 0.3) is 5.91 Å². The third-order valence-electron chi connectivity index (χ3n) is 3.79. The lowest BCUT2D eigenvalue weighted by Gasteiger charge is -2.12. The van der Waals surface area contributed by atoms with Gasteiger partial charge in [0.2, 0.25) is 0 Å². The molecule has 1 amide bonds. The van der Waals surface area contributed by atoms with E-state index < -0.39 is 5.91 Å². The summed E-state index contributed by atoms with van der Waals surface area (Å²) < 4.78 is 0. The fraction of sp³-hybridized carbons (Fsp3) is 0. The first kappa shape index (κ1) is 15.6. The van der Waals surface area contributed by atoms with Crippen LogP contribution in [0.15, 0.2) is 72.8 Å². The van der Waals surface area contributed by atoms with Gasteiger partial charge in [-0.05, 0) is 22.8 Å². The van der Waals surface area contributed by atoms with Crippen LogP contribution in [0.1, 0.15) is 21.5 Å². The molecular formula is C21H17NO2. The van der Waals surface area contributed by atoms with Gasteiger partial charge >= 0.3 is 0 Å². The van der Waals surface area contributed by atoms with Crippen molar-refractivity contribution in [2.24, 2.45) is 5.73 Å². The van der Waals surface area contributed by atoms with Gasteiger partial charge in [-0.2, -0.15) is 0 Å². The molecule has 3 rings (SSSR count). The van der Waals surface area contributed by atoms with Crippen molar-refractivity contribution >= 4 is 18.1 Å². The van der Waals surface area contributed by atoms with Crippen molar-refractivity contribution in [3.63, 3.8) is 0 Å². The molecule has 3 nitrogen and oxygen atoms in total. The van der Waals surface area contributed by atoms with Crippen LogP contribution in [-0.2, 0) is 0 Å². The molecule has 118 valence electrons. The molecule has 24 heavy (non-hydrogen) atoms. The van der Waals surface area contributed by atoms with Crippen LogP contribution in [0.5, 0.6) is 5.75 Å². The summed E-state index contributed by atoms with van der Waals surface area (Å²) in [5, 5.41) is 10.6. The molecule has 0 unspecified atom stereocenters. The van der Waals surface area contributed by atoms with E-state index in [0.717, 1.165) is 16.7 Å². The van der Waals surface area contributed by atoms with Gasteiger partial charge in [-0.15, -0.1) is 0 Å². The highest BCUT2D eigenvalue weighted by Crippen LogP contribution is 2.36. The number of amides is 1. The Morgan fingerprint density at radius 1 is 0.833 bits per heavy atom. The summed E-state index contributed by atoms with van der Waals surface area (Å²) in [6, 6.07) is 22.7. The molecule has 3 N–H and O–H groups in total.